The molecule has 3 atom stereocenters. The molecule has 182 valence electrons. The SMILES string of the molecule is N#CC1CCc2cc(C(=O)NC[C@@H]3C[C@@H](CC(=O)O)C(=O)N3CCCc3ccccc3)ccc2C1. The molecule has 4 rings (SSSR count). The van der Waals surface area contributed by atoms with Crippen LogP contribution in [0.4, 0.5) is 0 Å². The number of benzene rings is 2. The van der Waals surface area contributed by atoms with E-state index in [2.05, 4.69) is 23.5 Å². The standard InChI is InChI=1S/C28H31N3O4/c29-17-20-8-9-22-14-23(11-10-21(22)13-20)27(34)30-18-25-15-24(16-26(32)33)28(35)31(25)12-4-7-19-5-2-1-3-6-19/h1-3,5-6,10-11,14,20,24-25H,4,7-9,12-13,15-16,18H2,(H,30,34)(H,32,33)/t20?,24-,25-/m0/s1. The van der Waals surface area contributed by atoms with E-state index in [1.54, 1.807) is 11.0 Å². The maximum atomic E-state index is 12.9. The van der Waals surface area contributed by atoms with Crippen LogP contribution in [0.3, 0.4) is 0 Å². The lowest BCUT2D eigenvalue weighted by molar-refractivity contribution is -0.142. The Hall–Kier alpha value is -3.66. The van der Waals surface area contributed by atoms with Crippen molar-refractivity contribution < 1.29 is 19.5 Å². The van der Waals surface area contributed by atoms with Gasteiger partial charge >= 0.3 is 5.97 Å². The summed E-state index contributed by atoms with van der Waals surface area (Å²) in [5.74, 6) is -1.84. The average Bonchev–Trinajstić information content (AvgIpc) is 3.16. The second kappa shape index (κ2) is 11.2. The Balaban J connectivity index is 1.37. The van der Waals surface area contributed by atoms with Crippen molar-refractivity contribution in [1.29, 1.82) is 5.26 Å². The van der Waals surface area contributed by atoms with E-state index in [0.29, 0.717) is 25.1 Å². The van der Waals surface area contributed by atoms with Crippen molar-refractivity contribution in [3.05, 3.63) is 70.8 Å². The zero-order chi connectivity index (χ0) is 24.8. The maximum Gasteiger partial charge on any atom is 0.304 e. The van der Waals surface area contributed by atoms with Gasteiger partial charge in [-0.2, -0.15) is 5.26 Å². The number of carbonyl (C=O) groups is 3. The van der Waals surface area contributed by atoms with Crippen molar-refractivity contribution >= 4 is 17.8 Å². The minimum atomic E-state index is -0.982. The molecule has 35 heavy (non-hydrogen) atoms. The van der Waals surface area contributed by atoms with Crippen LogP contribution in [-0.4, -0.2) is 46.9 Å². The fourth-order valence-corrected chi connectivity index (χ4v) is 5.26. The van der Waals surface area contributed by atoms with E-state index >= 15 is 0 Å². The molecule has 0 bridgehead atoms. The predicted molar refractivity (Wildman–Crippen MR) is 131 cm³/mol. The number of carboxylic acid groups (broad SMARTS) is 1. The second-order valence-electron chi connectivity index (χ2n) is 9.57. The molecule has 7 nitrogen and oxygen atoms in total. The van der Waals surface area contributed by atoms with Crippen LogP contribution in [0.15, 0.2) is 48.5 Å². The normalized spacial score (nSPS) is 21.3. The van der Waals surface area contributed by atoms with Gasteiger partial charge < -0.3 is 15.3 Å². The summed E-state index contributed by atoms with van der Waals surface area (Å²) >= 11 is 0. The van der Waals surface area contributed by atoms with Crippen molar-refractivity contribution in [2.24, 2.45) is 11.8 Å². The molecule has 2 amide bonds. The van der Waals surface area contributed by atoms with Crippen molar-refractivity contribution in [3.63, 3.8) is 0 Å². The second-order valence-corrected chi connectivity index (χ2v) is 9.57. The summed E-state index contributed by atoms with van der Waals surface area (Å²) in [6, 6.07) is 17.8. The first-order chi connectivity index (χ1) is 16.9. The molecule has 0 aromatic heterocycles. The molecule has 1 aliphatic heterocycles. The molecule has 2 aromatic rings. The van der Waals surface area contributed by atoms with E-state index in [1.165, 1.54) is 5.56 Å². The number of carboxylic acids is 1. The van der Waals surface area contributed by atoms with Crippen LogP contribution in [0.1, 0.15) is 52.7 Å². The summed E-state index contributed by atoms with van der Waals surface area (Å²) in [6.45, 7) is 0.822. The number of nitrogens with zero attached hydrogens (tertiary/aromatic N) is 2. The van der Waals surface area contributed by atoms with Crippen LogP contribution in [0, 0.1) is 23.2 Å². The summed E-state index contributed by atoms with van der Waals surface area (Å²) in [5, 5.41) is 21.4. The molecule has 2 aromatic carbocycles. The lowest BCUT2D eigenvalue weighted by Crippen LogP contribution is -2.42. The number of nitrogens with one attached hydrogen (secondary N) is 1. The third-order valence-electron chi connectivity index (χ3n) is 7.14. The Morgan fingerprint density at radius 3 is 2.69 bits per heavy atom. The molecule has 0 radical (unpaired) electrons. The van der Waals surface area contributed by atoms with Gasteiger partial charge in [-0.05, 0) is 67.3 Å². The molecule has 1 heterocycles. The number of nitriles is 1. The topological polar surface area (TPSA) is 111 Å². The largest absolute Gasteiger partial charge is 0.481 e. The highest BCUT2D eigenvalue weighted by atomic mass is 16.4. The Kier molecular flexibility index (Phi) is 7.81. The van der Waals surface area contributed by atoms with E-state index in [1.807, 2.05) is 30.3 Å². The fraction of sp³-hybridized carbons (Fsp3) is 0.429. The van der Waals surface area contributed by atoms with Gasteiger partial charge in [-0.15, -0.1) is 0 Å². The van der Waals surface area contributed by atoms with Crippen molar-refractivity contribution in [1.82, 2.24) is 10.2 Å². The predicted octanol–water partition coefficient (Wildman–Crippen LogP) is 3.37. The van der Waals surface area contributed by atoms with Gasteiger partial charge in [0.15, 0.2) is 0 Å². The van der Waals surface area contributed by atoms with E-state index in [4.69, 9.17) is 0 Å². The van der Waals surface area contributed by atoms with E-state index in [0.717, 1.165) is 43.2 Å². The first-order valence-corrected chi connectivity index (χ1v) is 12.3. The summed E-state index contributed by atoms with van der Waals surface area (Å²) in [4.78, 5) is 38.9. The van der Waals surface area contributed by atoms with Crippen LogP contribution in [0.5, 0.6) is 0 Å². The van der Waals surface area contributed by atoms with Gasteiger partial charge in [0.05, 0.1) is 24.3 Å². The Morgan fingerprint density at radius 2 is 1.94 bits per heavy atom. The number of aryl methyl sites for hydroxylation is 2. The van der Waals surface area contributed by atoms with Gasteiger partial charge in [0, 0.05) is 24.7 Å². The van der Waals surface area contributed by atoms with Gasteiger partial charge in [0.1, 0.15) is 0 Å². The summed E-state index contributed by atoms with van der Waals surface area (Å²) in [6.07, 6.45) is 4.16. The quantitative estimate of drug-likeness (QED) is 0.580. The Morgan fingerprint density at radius 1 is 1.14 bits per heavy atom. The van der Waals surface area contributed by atoms with Gasteiger partial charge in [0.2, 0.25) is 5.91 Å². The zero-order valence-corrected chi connectivity index (χ0v) is 19.8. The highest BCUT2D eigenvalue weighted by Crippen LogP contribution is 2.28. The average molecular weight is 474 g/mol. The van der Waals surface area contributed by atoms with Gasteiger partial charge in [0.25, 0.3) is 5.91 Å². The third-order valence-corrected chi connectivity index (χ3v) is 7.14. The molecule has 1 unspecified atom stereocenters. The maximum absolute atomic E-state index is 12.9. The fourth-order valence-electron chi connectivity index (χ4n) is 5.26. The first-order valence-electron chi connectivity index (χ1n) is 12.3. The molecule has 2 aliphatic rings. The van der Waals surface area contributed by atoms with Crippen LogP contribution < -0.4 is 5.32 Å². The minimum absolute atomic E-state index is 0.0358. The number of hydrogen-bond acceptors (Lipinski definition) is 4. The molecule has 1 saturated heterocycles. The molecule has 1 fully saturated rings. The molecule has 7 heteroatoms. The highest BCUT2D eigenvalue weighted by Gasteiger charge is 2.40. The van der Waals surface area contributed by atoms with Crippen molar-refractivity contribution in [2.45, 2.75) is 51.0 Å². The molecule has 1 aliphatic carbocycles. The lowest BCUT2D eigenvalue weighted by atomic mass is 9.84. The highest BCUT2D eigenvalue weighted by molar-refractivity contribution is 5.94. The third kappa shape index (κ3) is 6.07. The monoisotopic (exact) mass is 473 g/mol. The lowest BCUT2D eigenvalue weighted by Gasteiger charge is -2.25. The molecule has 0 spiro atoms. The number of rotatable bonds is 9. The van der Waals surface area contributed by atoms with Crippen LogP contribution in [0.25, 0.3) is 0 Å². The number of hydrogen-bond donors (Lipinski definition) is 2. The zero-order valence-electron chi connectivity index (χ0n) is 19.8. The van der Waals surface area contributed by atoms with E-state index in [9.17, 15) is 24.8 Å². The Labute approximate surface area is 205 Å². The van der Waals surface area contributed by atoms with Crippen LogP contribution in [-0.2, 0) is 28.9 Å². The van der Waals surface area contributed by atoms with Crippen LogP contribution >= 0.6 is 0 Å². The number of likely N-dealkylation sites (tertiary alicyclic amines) is 1. The van der Waals surface area contributed by atoms with Gasteiger partial charge in [-0.1, -0.05) is 36.4 Å². The smallest absolute Gasteiger partial charge is 0.304 e. The van der Waals surface area contributed by atoms with E-state index < -0.39 is 11.9 Å². The van der Waals surface area contributed by atoms with Crippen LogP contribution in [0.2, 0.25) is 0 Å². The number of fused-ring (bicyclic) bond motifs is 1. The van der Waals surface area contributed by atoms with Crippen molar-refractivity contribution in [2.75, 3.05) is 13.1 Å². The Bertz CT molecular complexity index is 1120. The summed E-state index contributed by atoms with van der Waals surface area (Å²) in [5.41, 5.74) is 4.01. The summed E-state index contributed by atoms with van der Waals surface area (Å²) in [7, 11) is 0. The molecule has 2 N–H and O–H groups in total. The van der Waals surface area contributed by atoms with Crippen molar-refractivity contribution in [3.8, 4) is 6.07 Å². The van der Waals surface area contributed by atoms with Gasteiger partial charge in [-0.3, -0.25) is 14.4 Å². The van der Waals surface area contributed by atoms with E-state index in [-0.39, 0.29) is 30.2 Å². The van der Waals surface area contributed by atoms with Gasteiger partial charge in [-0.25, -0.2) is 0 Å². The molecular formula is C28H31N3O4. The minimum Gasteiger partial charge on any atom is -0.481 e. The summed E-state index contributed by atoms with van der Waals surface area (Å²) < 4.78 is 0. The molecule has 0 saturated carbocycles. The number of carbonyl (C=O) groups excluding carboxylic acids is 2. The number of aliphatic carboxylic acids is 1. The molecular weight excluding hydrogens is 442 g/mol. The number of amides is 2. The first kappa shape index (κ1) is 24.5.